The van der Waals surface area contributed by atoms with Crippen molar-refractivity contribution < 1.29 is 4.79 Å². The van der Waals surface area contributed by atoms with Crippen LogP contribution in [0, 0.1) is 5.92 Å². The first-order chi connectivity index (χ1) is 7.74. The zero-order valence-corrected chi connectivity index (χ0v) is 9.15. The molecule has 1 aromatic rings. The summed E-state index contributed by atoms with van der Waals surface area (Å²) in [7, 11) is 0. The molecule has 2 atom stereocenters. The topological polar surface area (TPSA) is 55.1 Å². The molecule has 3 heteroatoms. The van der Waals surface area contributed by atoms with Crippen LogP contribution in [0.25, 0.3) is 0 Å². The third kappa shape index (κ3) is 2.08. The lowest BCUT2D eigenvalue weighted by Crippen LogP contribution is -2.25. The summed E-state index contributed by atoms with van der Waals surface area (Å²) in [6.45, 7) is 4.10. The van der Waals surface area contributed by atoms with Crippen LogP contribution in [-0.4, -0.2) is 12.5 Å². The van der Waals surface area contributed by atoms with Gasteiger partial charge in [0, 0.05) is 18.2 Å². The van der Waals surface area contributed by atoms with Gasteiger partial charge in [0.15, 0.2) is 0 Å². The van der Waals surface area contributed by atoms with Gasteiger partial charge in [0.25, 0.3) is 0 Å². The molecule has 0 bridgehead atoms. The van der Waals surface area contributed by atoms with Crippen molar-refractivity contribution >= 4 is 11.6 Å². The van der Waals surface area contributed by atoms with E-state index in [0.717, 1.165) is 17.7 Å². The van der Waals surface area contributed by atoms with Crippen LogP contribution >= 0.6 is 0 Å². The summed E-state index contributed by atoms with van der Waals surface area (Å²) in [5.74, 6) is 0.490. The van der Waals surface area contributed by atoms with Gasteiger partial charge in [0.1, 0.15) is 0 Å². The highest BCUT2D eigenvalue weighted by Crippen LogP contribution is 2.49. The summed E-state index contributed by atoms with van der Waals surface area (Å²) in [6, 6.07) is 7.75. The quantitative estimate of drug-likeness (QED) is 0.594. The molecule has 0 heterocycles. The Morgan fingerprint density at radius 3 is 3.00 bits per heavy atom. The molecular weight excluding hydrogens is 200 g/mol. The largest absolute Gasteiger partial charge is 0.398 e. The smallest absolute Gasteiger partial charge is 0.223 e. The van der Waals surface area contributed by atoms with Gasteiger partial charge in [-0.2, -0.15) is 0 Å². The summed E-state index contributed by atoms with van der Waals surface area (Å²) in [6.07, 6.45) is 2.59. The molecule has 16 heavy (non-hydrogen) atoms. The van der Waals surface area contributed by atoms with Gasteiger partial charge in [0.05, 0.1) is 0 Å². The zero-order chi connectivity index (χ0) is 11.5. The third-order valence-electron chi connectivity index (χ3n) is 2.94. The minimum atomic E-state index is 0.0876. The van der Waals surface area contributed by atoms with Crippen molar-refractivity contribution in [3.05, 3.63) is 42.5 Å². The molecule has 0 aromatic heterocycles. The van der Waals surface area contributed by atoms with Crippen LogP contribution in [0.2, 0.25) is 0 Å². The maximum atomic E-state index is 11.7. The Labute approximate surface area is 95.3 Å². The van der Waals surface area contributed by atoms with Crippen LogP contribution < -0.4 is 11.1 Å². The lowest BCUT2D eigenvalue weighted by molar-refractivity contribution is -0.122. The number of amides is 1. The molecule has 2 unspecified atom stereocenters. The molecule has 3 nitrogen and oxygen atoms in total. The van der Waals surface area contributed by atoms with Crippen molar-refractivity contribution in [2.24, 2.45) is 5.92 Å². The van der Waals surface area contributed by atoms with Gasteiger partial charge >= 0.3 is 0 Å². The fourth-order valence-electron chi connectivity index (χ4n) is 1.98. The predicted molar refractivity (Wildman–Crippen MR) is 64.9 cm³/mol. The van der Waals surface area contributed by atoms with Gasteiger partial charge in [-0.1, -0.05) is 24.3 Å². The van der Waals surface area contributed by atoms with Gasteiger partial charge in [-0.25, -0.2) is 0 Å². The molecular formula is C13H16N2O. The second-order valence-corrected chi connectivity index (χ2v) is 4.11. The van der Waals surface area contributed by atoms with E-state index in [1.807, 2.05) is 24.3 Å². The second kappa shape index (κ2) is 4.39. The van der Waals surface area contributed by atoms with Crippen molar-refractivity contribution in [3.63, 3.8) is 0 Å². The van der Waals surface area contributed by atoms with Gasteiger partial charge in [-0.05, 0) is 24.0 Å². The van der Waals surface area contributed by atoms with E-state index < -0.39 is 0 Å². The molecule has 1 saturated carbocycles. The Kier molecular flexibility index (Phi) is 2.95. The molecule has 1 aromatic carbocycles. The minimum Gasteiger partial charge on any atom is -0.398 e. The summed E-state index contributed by atoms with van der Waals surface area (Å²) >= 11 is 0. The molecule has 1 aliphatic carbocycles. The van der Waals surface area contributed by atoms with Gasteiger partial charge in [0.2, 0.25) is 5.91 Å². The summed E-state index contributed by atoms with van der Waals surface area (Å²) in [5.41, 5.74) is 7.76. The first-order valence-corrected chi connectivity index (χ1v) is 5.47. The van der Waals surface area contributed by atoms with Crippen molar-refractivity contribution in [3.8, 4) is 0 Å². The fraction of sp³-hybridized carbons (Fsp3) is 0.308. The lowest BCUT2D eigenvalue weighted by Gasteiger charge is -2.04. The van der Waals surface area contributed by atoms with E-state index in [1.54, 1.807) is 6.08 Å². The number of nitrogens with one attached hydrogen (secondary N) is 1. The van der Waals surface area contributed by atoms with E-state index in [1.165, 1.54) is 0 Å². The Bertz CT molecular complexity index is 414. The number of hydrogen-bond acceptors (Lipinski definition) is 2. The van der Waals surface area contributed by atoms with Crippen LogP contribution in [0.5, 0.6) is 0 Å². The third-order valence-corrected chi connectivity index (χ3v) is 2.94. The van der Waals surface area contributed by atoms with Crippen LogP contribution in [0.15, 0.2) is 36.9 Å². The second-order valence-electron chi connectivity index (χ2n) is 4.11. The first kappa shape index (κ1) is 10.7. The SMILES string of the molecule is C=CCNC(=O)C1CC1c1ccccc1N. The monoisotopic (exact) mass is 216 g/mol. The molecule has 0 radical (unpaired) electrons. The number of benzene rings is 1. The lowest BCUT2D eigenvalue weighted by atomic mass is 10.1. The van der Waals surface area contributed by atoms with E-state index in [9.17, 15) is 4.79 Å². The minimum absolute atomic E-state index is 0.0876. The molecule has 84 valence electrons. The molecule has 1 fully saturated rings. The summed E-state index contributed by atoms with van der Waals surface area (Å²) in [5, 5.41) is 2.82. The number of carbonyl (C=O) groups is 1. The zero-order valence-electron chi connectivity index (χ0n) is 9.15. The number of nitrogen functional groups attached to an aromatic ring is 1. The van der Waals surface area contributed by atoms with Gasteiger partial charge in [-0.3, -0.25) is 4.79 Å². The average Bonchev–Trinajstić information content (AvgIpc) is 3.06. The fourth-order valence-corrected chi connectivity index (χ4v) is 1.98. The maximum Gasteiger partial charge on any atom is 0.223 e. The average molecular weight is 216 g/mol. The van der Waals surface area contributed by atoms with E-state index in [4.69, 9.17) is 5.73 Å². The van der Waals surface area contributed by atoms with Gasteiger partial charge < -0.3 is 11.1 Å². The Morgan fingerprint density at radius 2 is 2.31 bits per heavy atom. The maximum absolute atomic E-state index is 11.7. The Hall–Kier alpha value is -1.77. The highest BCUT2D eigenvalue weighted by atomic mass is 16.2. The molecule has 0 spiro atoms. The molecule has 1 aliphatic rings. The molecule has 3 N–H and O–H groups in total. The highest BCUT2D eigenvalue weighted by Gasteiger charge is 2.44. The van der Waals surface area contributed by atoms with E-state index in [0.29, 0.717) is 12.5 Å². The number of anilines is 1. The molecule has 0 aliphatic heterocycles. The first-order valence-electron chi connectivity index (χ1n) is 5.47. The van der Waals surface area contributed by atoms with E-state index in [2.05, 4.69) is 11.9 Å². The molecule has 0 saturated heterocycles. The number of para-hydroxylation sites is 1. The Morgan fingerprint density at radius 1 is 1.56 bits per heavy atom. The van der Waals surface area contributed by atoms with Crippen LogP contribution in [0.4, 0.5) is 5.69 Å². The van der Waals surface area contributed by atoms with Crippen LogP contribution in [0.3, 0.4) is 0 Å². The molecule has 1 amide bonds. The van der Waals surface area contributed by atoms with Crippen LogP contribution in [-0.2, 0) is 4.79 Å². The predicted octanol–water partition coefficient (Wildman–Crippen LogP) is 1.67. The van der Waals surface area contributed by atoms with Crippen molar-refractivity contribution in [1.82, 2.24) is 5.32 Å². The summed E-state index contributed by atoms with van der Waals surface area (Å²) < 4.78 is 0. The standard InChI is InChI=1S/C13H16N2O/c1-2-7-15-13(16)11-8-10(11)9-5-3-4-6-12(9)14/h2-6,10-11H,1,7-8,14H2,(H,15,16). The van der Waals surface area contributed by atoms with E-state index >= 15 is 0 Å². The van der Waals surface area contributed by atoms with Crippen molar-refractivity contribution in [2.45, 2.75) is 12.3 Å². The summed E-state index contributed by atoms with van der Waals surface area (Å²) in [4.78, 5) is 11.7. The molecule has 2 rings (SSSR count). The number of carbonyl (C=O) groups excluding carboxylic acids is 1. The van der Waals surface area contributed by atoms with Crippen LogP contribution in [0.1, 0.15) is 17.9 Å². The number of hydrogen-bond donors (Lipinski definition) is 2. The van der Waals surface area contributed by atoms with E-state index in [-0.39, 0.29) is 11.8 Å². The number of nitrogens with two attached hydrogens (primary N) is 1. The van der Waals surface area contributed by atoms with Gasteiger partial charge in [-0.15, -0.1) is 6.58 Å². The normalized spacial score (nSPS) is 22.5. The Balaban J connectivity index is 1.99. The van der Waals surface area contributed by atoms with Crippen molar-refractivity contribution in [2.75, 3.05) is 12.3 Å². The van der Waals surface area contributed by atoms with Crippen molar-refractivity contribution in [1.29, 1.82) is 0 Å². The highest BCUT2D eigenvalue weighted by molar-refractivity contribution is 5.83. The number of rotatable bonds is 4.